The van der Waals surface area contributed by atoms with Crippen molar-refractivity contribution < 1.29 is 19.7 Å². The second-order valence-electron chi connectivity index (χ2n) is 4.36. The Labute approximate surface area is 113 Å². The van der Waals surface area contributed by atoms with Crippen LogP contribution in [0.25, 0.3) is 22.3 Å². The summed E-state index contributed by atoms with van der Waals surface area (Å²) in [7, 11) is 0. The summed E-state index contributed by atoms with van der Waals surface area (Å²) >= 11 is 0. The van der Waals surface area contributed by atoms with Crippen LogP contribution in [0.4, 0.5) is 0 Å². The molecular formula is C15H10O5. The van der Waals surface area contributed by atoms with E-state index >= 15 is 0 Å². The zero-order valence-electron chi connectivity index (χ0n) is 10.2. The van der Waals surface area contributed by atoms with E-state index in [2.05, 4.69) is 0 Å². The van der Waals surface area contributed by atoms with Crippen LogP contribution in [-0.4, -0.2) is 15.3 Å². The predicted octanol–water partition coefficient (Wildman–Crippen LogP) is 2.58. The predicted molar refractivity (Wildman–Crippen MR) is 72.9 cm³/mol. The van der Waals surface area contributed by atoms with Crippen molar-refractivity contribution in [2.45, 2.75) is 0 Å². The first-order chi connectivity index (χ1) is 9.54. The molecule has 0 aliphatic carbocycles. The lowest BCUT2D eigenvalue weighted by Crippen LogP contribution is -2.00. The molecule has 0 amide bonds. The quantitative estimate of drug-likeness (QED) is 0.591. The summed E-state index contributed by atoms with van der Waals surface area (Å²) in [6, 6.07) is 9.89. The fourth-order valence-electron chi connectivity index (χ4n) is 1.98. The van der Waals surface area contributed by atoms with Crippen molar-refractivity contribution in [2.75, 3.05) is 0 Å². The average molecular weight is 270 g/mol. The number of hydrogen-bond acceptors (Lipinski definition) is 5. The molecule has 1 heterocycles. The molecule has 3 N–H and O–H groups in total. The minimum absolute atomic E-state index is 0.0544. The van der Waals surface area contributed by atoms with Crippen molar-refractivity contribution in [1.29, 1.82) is 0 Å². The van der Waals surface area contributed by atoms with Gasteiger partial charge in [0.15, 0.2) is 16.9 Å². The third-order valence-corrected chi connectivity index (χ3v) is 2.95. The Morgan fingerprint density at radius 1 is 0.900 bits per heavy atom. The summed E-state index contributed by atoms with van der Waals surface area (Å²) in [4.78, 5) is 12.0. The largest absolute Gasteiger partial charge is 0.508 e. The first kappa shape index (κ1) is 12.1. The molecule has 0 radical (unpaired) electrons. The van der Waals surface area contributed by atoms with Crippen LogP contribution in [0.3, 0.4) is 0 Å². The number of phenols is 3. The zero-order valence-corrected chi connectivity index (χ0v) is 10.2. The highest BCUT2D eigenvalue weighted by Gasteiger charge is 2.10. The number of rotatable bonds is 1. The molecular weight excluding hydrogens is 260 g/mol. The SMILES string of the molecule is O=c1cc(-c2cccc(O)c2)oc2cc(O)c(O)cc12. The van der Waals surface area contributed by atoms with E-state index in [1.165, 1.54) is 24.3 Å². The molecule has 0 unspecified atom stereocenters. The molecule has 5 heteroatoms. The normalized spacial score (nSPS) is 10.8. The van der Waals surface area contributed by atoms with Gasteiger partial charge in [0.2, 0.25) is 0 Å². The highest BCUT2D eigenvalue weighted by molar-refractivity contribution is 5.82. The lowest BCUT2D eigenvalue weighted by atomic mass is 10.1. The van der Waals surface area contributed by atoms with E-state index in [0.717, 1.165) is 6.07 Å². The van der Waals surface area contributed by atoms with Crippen LogP contribution >= 0.6 is 0 Å². The molecule has 0 saturated carbocycles. The fourth-order valence-corrected chi connectivity index (χ4v) is 1.98. The van der Waals surface area contributed by atoms with E-state index in [1.807, 2.05) is 0 Å². The van der Waals surface area contributed by atoms with Crippen LogP contribution in [0.1, 0.15) is 0 Å². The maximum atomic E-state index is 12.0. The molecule has 1 aromatic heterocycles. The van der Waals surface area contributed by atoms with Gasteiger partial charge in [0.25, 0.3) is 0 Å². The van der Waals surface area contributed by atoms with Gasteiger partial charge in [0.1, 0.15) is 17.1 Å². The average Bonchev–Trinajstić information content (AvgIpc) is 2.41. The maximum Gasteiger partial charge on any atom is 0.193 e. The fraction of sp³-hybridized carbons (Fsp3) is 0. The number of benzene rings is 2. The monoisotopic (exact) mass is 270 g/mol. The smallest absolute Gasteiger partial charge is 0.193 e. The van der Waals surface area contributed by atoms with E-state index in [4.69, 9.17) is 4.42 Å². The van der Waals surface area contributed by atoms with Gasteiger partial charge in [-0.2, -0.15) is 0 Å². The van der Waals surface area contributed by atoms with Crippen molar-refractivity contribution >= 4 is 11.0 Å². The lowest BCUT2D eigenvalue weighted by Gasteiger charge is -2.05. The van der Waals surface area contributed by atoms with Crippen LogP contribution in [0.15, 0.2) is 51.7 Å². The van der Waals surface area contributed by atoms with Crippen LogP contribution < -0.4 is 5.43 Å². The van der Waals surface area contributed by atoms with E-state index in [-0.39, 0.29) is 39.4 Å². The van der Waals surface area contributed by atoms with Crippen molar-refractivity contribution in [3.63, 3.8) is 0 Å². The Bertz CT molecular complexity index is 864. The van der Waals surface area contributed by atoms with Gasteiger partial charge in [-0.05, 0) is 18.2 Å². The molecule has 0 saturated heterocycles. The van der Waals surface area contributed by atoms with E-state index < -0.39 is 0 Å². The van der Waals surface area contributed by atoms with Gasteiger partial charge in [-0.25, -0.2) is 0 Å². The molecule has 0 aliphatic rings. The van der Waals surface area contributed by atoms with E-state index in [9.17, 15) is 20.1 Å². The zero-order chi connectivity index (χ0) is 14.3. The van der Waals surface area contributed by atoms with E-state index in [1.54, 1.807) is 12.1 Å². The Morgan fingerprint density at radius 3 is 2.40 bits per heavy atom. The lowest BCUT2D eigenvalue weighted by molar-refractivity contribution is 0.403. The van der Waals surface area contributed by atoms with Crippen molar-refractivity contribution in [3.05, 3.63) is 52.7 Å². The number of phenolic OH excluding ortho intramolecular Hbond substituents is 3. The van der Waals surface area contributed by atoms with Gasteiger partial charge in [0, 0.05) is 17.7 Å². The second kappa shape index (κ2) is 4.31. The number of hydrogen-bond donors (Lipinski definition) is 3. The molecule has 3 rings (SSSR count). The summed E-state index contributed by atoms with van der Waals surface area (Å²) in [5.74, 6) is -0.425. The summed E-state index contributed by atoms with van der Waals surface area (Å²) in [6.07, 6.45) is 0. The van der Waals surface area contributed by atoms with Crippen molar-refractivity contribution in [2.24, 2.45) is 0 Å². The number of aromatic hydroxyl groups is 3. The molecule has 5 nitrogen and oxygen atoms in total. The van der Waals surface area contributed by atoms with Gasteiger partial charge in [-0.3, -0.25) is 4.79 Å². The number of fused-ring (bicyclic) bond motifs is 1. The standard InChI is InChI=1S/C15H10O5/c16-9-3-1-2-8(4-9)14-6-11(17)10-5-12(18)13(19)7-15(10)20-14/h1-7,16,18-19H. The third-order valence-electron chi connectivity index (χ3n) is 2.95. The van der Waals surface area contributed by atoms with Gasteiger partial charge in [0.05, 0.1) is 5.39 Å². The Morgan fingerprint density at radius 2 is 1.65 bits per heavy atom. The van der Waals surface area contributed by atoms with Gasteiger partial charge in [-0.15, -0.1) is 0 Å². The molecule has 2 aromatic carbocycles. The molecule has 100 valence electrons. The van der Waals surface area contributed by atoms with Crippen LogP contribution in [0.2, 0.25) is 0 Å². The topological polar surface area (TPSA) is 90.9 Å². The highest BCUT2D eigenvalue weighted by atomic mass is 16.3. The first-order valence-corrected chi connectivity index (χ1v) is 5.84. The minimum atomic E-state index is -0.380. The second-order valence-corrected chi connectivity index (χ2v) is 4.36. The van der Waals surface area contributed by atoms with Crippen LogP contribution in [0, 0.1) is 0 Å². The summed E-state index contributed by atoms with van der Waals surface area (Å²) < 4.78 is 5.54. The summed E-state index contributed by atoms with van der Waals surface area (Å²) in [5, 5.41) is 28.5. The minimum Gasteiger partial charge on any atom is -0.508 e. The van der Waals surface area contributed by atoms with Gasteiger partial charge >= 0.3 is 0 Å². The summed E-state index contributed by atoms with van der Waals surface area (Å²) in [6.45, 7) is 0. The Hall–Kier alpha value is -2.95. The molecule has 0 fully saturated rings. The molecule has 0 atom stereocenters. The molecule has 20 heavy (non-hydrogen) atoms. The molecule has 3 aromatic rings. The van der Waals surface area contributed by atoms with E-state index in [0.29, 0.717) is 5.56 Å². The third kappa shape index (κ3) is 1.95. The molecule has 0 spiro atoms. The van der Waals surface area contributed by atoms with Crippen LogP contribution in [-0.2, 0) is 0 Å². The van der Waals surface area contributed by atoms with Gasteiger partial charge < -0.3 is 19.7 Å². The Kier molecular flexibility index (Phi) is 2.61. The molecule has 0 aliphatic heterocycles. The maximum absolute atomic E-state index is 12.0. The first-order valence-electron chi connectivity index (χ1n) is 5.84. The van der Waals surface area contributed by atoms with Crippen molar-refractivity contribution in [1.82, 2.24) is 0 Å². The van der Waals surface area contributed by atoms with Gasteiger partial charge in [-0.1, -0.05) is 12.1 Å². The van der Waals surface area contributed by atoms with Crippen molar-refractivity contribution in [3.8, 4) is 28.6 Å². The summed E-state index contributed by atoms with van der Waals surface area (Å²) in [5.41, 5.74) is 0.350. The molecule has 0 bridgehead atoms. The van der Waals surface area contributed by atoms with Crippen LogP contribution in [0.5, 0.6) is 17.2 Å². The highest BCUT2D eigenvalue weighted by Crippen LogP contribution is 2.31. The Balaban J connectivity index is 2.29.